The summed E-state index contributed by atoms with van der Waals surface area (Å²) in [7, 11) is 1.79. The molecule has 0 heterocycles. The van der Waals surface area contributed by atoms with E-state index in [0.717, 1.165) is 25.5 Å². The lowest BCUT2D eigenvalue weighted by atomic mass is 9.85. The van der Waals surface area contributed by atoms with Gasteiger partial charge in [-0.2, -0.15) is 0 Å². The van der Waals surface area contributed by atoms with E-state index in [1.165, 1.54) is 25.7 Å². The minimum Gasteiger partial charge on any atom is -0.377 e. The van der Waals surface area contributed by atoms with Crippen LogP contribution in [0.25, 0.3) is 0 Å². The van der Waals surface area contributed by atoms with Gasteiger partial charge in [0, 0.05) is 19.8 Å². The lowest BCUT2D eigenvalue weighted by Gasteiger charge is -2.44. The van der Waals surface area contributed by atoms with Crippen molar-refractivity contribution in [3.05, 3.63) is 0 Å². The summed E-state index contributed by atoms with van der Waals surface area (Å²) in [6.45, 7) is 8.56. The Bertz CT molecular complexity index is 211. The molecular weight excluding hydrogens is 226 g/mol. The van der Waals surface area contributed by atoms with E-state index in [1.807, 2.05) is 0 Å². The first-order chi connectivity index (χ1) is 8.76. The lowest BCUT2D eigenvalue weighted by molar-refractivity contribution is -0.140. The van der Waals surface area contributed by atoms with Crippen LogP contribution >= 0.6 is 0 Å². The Hall–Kier alpha value is -0.120. The molecule has 108 valence electrons. The normalized spacial score (nSPS) is 29.0. The molecule has 0 saturated heterocycles. The van der Waals surface area contributed by atoms with Gasteiger partial charge in [-0.15, -0.1) is 0 Å². The molecule has 0 aromatic rings. The van der Waals surface area contributed by atoms with Crippen molar-refractivity contribution in [3.8, 4) is 0 Å². The Labute approximate surface area is 113 Å². The maximum absolute atomic E-state index is 6.04. The second-order valence-electron chi connectivity index (χ2n) is 5.39. The third kappa shape index (κ3) is 4.52. The highest BCUT2D eigenvalue weighted by molar-refractivity contribution is 4.96. The maximum Gasteiger partial charge on any atom is 0.0986 e. The summed E-state index contributed by atoms with van der Waals surface area (Å²) in [4.78, 5) is 0. The summed E-state index contributed by atoms with van der Waals surface area (Å²) in [5, 5.41) is 3.44. The van der Waals surface area contributed by atoms with Gasteiger partial charge in [-0.05, 0) is 25.3 Å². The summed E-state index contributed by atoms with van der Waals surface area (Å²) < 4.78 is 11.6. The molecule has 0 aliphatic heterocycles. The van der Waals surface area contributed by atoms with Gasteiger partial charge in [-0.25, -0.2) is 0 Å². The number of ether oxygens (including phenoxy) is 2. The van der Waals surface area contributed by atoms with Crippen LogP contribution in [0.3, 0.4) is 0 Å². The van der Waals surface area contributed by atoms with Crippen LogP contribution in [0.5, 0.6) is 0 Å². The molecule has 18 heavy (non-hydrogen) atoms. The van der Waals surface area contributed by atoms with Crippen molar-refractivity contribution in [2.75, 3.05) is 20.3 Å². The highest BCUT2D eigenvalue weighted by Gasteiger charge is 2.41. The third-order valence-corrected chi connectivity index (χ3v) is 4.08. The number of rotatable bonds is 10. The first-order valence-corrected chi connectivity index (χ1v) is 7.64. The molecule has 0 bridgehead atoms. The number of likely N-dealkylation sites (N-methyl/N-ethyl adjacent to an activating group) is 1. The SMILES string of the molecule is CCCCC(CC)COC1CC(NCC)C1OC. The molecule has 3 nitrogen and oxygen atoms in total. The first kappa shape index (κ1) is 15.9. The fourth-order valence-electron chi connectivity index (χ4n) is 2.68. The average Bonchev–Trinajstić information content (AvgIpc) is 2.36. The number of hydrogen-bond donors (Lipinski definition) is 1. The van der Waals surface area contributed by atoms with Gasteiger partial charge in [-0.1, -0.05) is 40.0 Å². The van der Waals surface area contributed by atoms with Gasteiger partial charge >= 0.3 is 0 Å². The summed E-state index contributed by atoms with van der Waals surface area (Å²) in [6.07, 6.45) is 6.76. The summed E-state index contributed by atoms with van der Waals surface area (Å²) in [6, 6.07) is 0.487. The minimum atomic E-state index is 0.244. The van der Waals surface area contributed by atoms with E-state index in [9.17, 15) is 0 Å². The van der Waals surface area contributed by atoms with Gasteiger partial charge < -0.3 is 14.8 Å². The summed E-state index contributed by atoms with van der Waals surface area (Å²) in [5.74, 6) is 0.723. The second kappa shape index (κ2) is 8.89. The molecule has 0 aromatic heterocycles. The fraction of sp³-hybridized carbons (Fsp3) is 1.00. The highest BCUT2D eigenvalue weighted by atomic mass is 16.5. The maximum atomic E-state index is 6.04. The van der Waals surface area contributed by atoms with E-state index in [4.69, 9.17) is 9.47 Å². The smallest absolute Gasteiger partial charge is 0.0986 e. The molecule has 1 rings (SSSR count). The second-order valence-corrected chi connectivity index (χ2v) is 5.39. The highest BCUT2D eigenvalue weighted by Crippen LogP contribution is 2.28. The average molecular weight is 257 g/mol. The van der Waals surface area contributed by atoms with Gasteiger partial charge in [0.15, 0.2) is 0 Å². The number of methoxy groups -OCH3 is 1. The van der Waals surface area contributed by atoms with Crippen molar-refractivity contribution in [1.82, 2.24) is 5.32 Å². The van der Waals surface area contributed by atoms with Crippen LogP contribution in [0.4, 0.5) is 0 Å². The minimum absolute atomic E-state index is 0.244. The van der Waals surface area contributed by atoms with E-state index >= 15 is 0 Å². The molecule has 0 radical (unpaired) electrons. The number of unbranched alkanes of at least 4 members (excludes halogenated alkanes) is 1. The van der Waals surface area contributed by atoms with Crippen LogP contribution in [-0.4, -0.2) is 38.5 Å². The Morgan fingerprint density at radius 3 is 2.61 bits per heavy atom. The van der Waals surface area contributed by atoms with Crippen LogP contribution in [0.1, 0.15) is 52.9 Å². The van der Waals surface area contributed by atoms with Gasteiger partial charge in [-0.3, -0.25) is 0 Å². The molecule has 4 unspecified atom stereocenters. The standard InChI is InChI=1S/C15H31NO2/c1-5-8-9-12(6-2)11-18-14-10-13(16-7-3)15(14)17-4/h12-16H,5-11H2,1-4H3. The van der Waals surface area contributed by atoms with Crippen molar-refractivity contribution in [3.63, 3.8) is 0 Å². The van der Waals surface area contributed by atoms with Gasteiger partial charge in [0.25, 0.3) is 0 Å². The van der Waals surface area contributed by atoms with Crippen molar-refractivity contribution in [2.24, 2.45) is 5.92 Å². The lowest BCUT2D eigenvalue weighted by Crippen LogP contribution is -2.59. The van der Waals surface area contributed by atoms with E-state index in [0.29, 0.717) is 12.1 Å². The molecule has 1 aliphatic rings. The third-order valence-electron chi connectivity index (χ3n) is 4.08. The molecular formula is C15H31NO2. The molecule has 1 aliphatic carbocycles. The predicted octanol–water partition coefficient (Wildman–Crippen LogP) is 2.98. The summed E-state index contributed by atoms with van der Waals surface area (Å²) >= 11 is 0. The fourth-order valence-corrected chi connectivity index (χ4v) is 2.68. The predicted molar refractivity (Wildman–Crippen MR) is 75.9 cm³/mol. The van der Waals surface area contributed by atoms with Crippen LogP contribution < -0.4 is 5.32 Å². The van der Waals surface area contributed by atoms with Crippen molar-refractivity contribution >= 4 is 0 Å². The zero-order valence-corrected chi connectivity index (χ0v) is 12.6. The molecule has 1 N–H and O–H groups in total. The molecule has 3 heteroatoms. The molecule has 4 atom stereocenters. The zero-order chi connectivity index (χ0) is 13.4. The molecule has 0 spiro atoms. The van der Waals surface area contributed by atoms with E-state index in [-0.39, 0.29) is 6.10 Å². The van der Waals surface area contributed by atoms with Crippen molar-refractivity contribution < 1.29 is 9.47 Å². The first-order valence-electron chi connectivity index (χ1n) is 7.64. The summed E-state index contributed by atoms with van der Waals surface area (Å²) in [5.41, 5.74) is 0. The van der Waals surface area contributed by atoms with Crippen LogP contribution in [0.15, 0.2) is 0 Å². The molecule has 0 amide bonds. The molecule has 0 aromatic carbocycles. The largest absolute Gasteiger partial charge is 0.377 e. The Morgan fingerprint density at radius 2 is 2.06 bits per heavy atom. The Balaban J connectivity index is 2.22. The zero-order valence-electron chi connectivity index (χ0n) is 12.6. The van der Waals surface area contributed by atoms with E-state index < -0.39 is 0 Å². The Morgan fingerprint density at radius 1 is 1.28 bits per heavy atom. The van der Waals surface area contributed by atoms with Crippen LogP contribution in [-0.2, 0) is 9.47 Å². The van der Waals surface area contributed by atoms with E-state index in [2.05, 4.69) is 26.1 Å². The van der Waals surface area contributed by atoms with E-state index in [1.54, 1.807) is 7.11 Å². The Kier molecular flexibility index (Phi) is 7.87. The van der Waals surface area contributed by atoms with Gasteiger partial charge in [0.05, 0.1) is 12.2 Å². The van der Waals surface area contributed by atoms with Gasteiger partial charge in [0.2, 0.25) is 0 Å². The van der Waals surface area contributed by atoms with Crippen LogP contribution in [0.2, 0.25) is 0 Å². The van der Waals surface area contributed by atoms with Crippen molar-refractivity contribution in [2.45, 2.75) is 71.1 Å². The number of hydrogen-bond acceptors (Lipinski definition) is 3. The van der Waals surface area contributed by atoms with Crippen LogP contribution in [0, 0.1) is 5.92 Å². The molecule has 1 fully saturated rings. The molecule has 1 saturated carbocycles. The van der Waals surface area contributed by atoms with Gasteiger partial charge in [0.1, 0.15) is 0 Å². The van der Waals surface area contributed by atoms with Crippen molar-refractivity contribution in [1.29, 1.82) is 0 Å². The topological polar surface area (TPSA) is 30.5 Å². The monoisotopic (exact) mass is 257 g/mol. The quantitative estimate of drug-likeness (QED) is 0.652. The number of nitrogens with one attached hydrogen (secondary N) is 1.